The first-order valence-electron chi connectivity index (χ1n) is 6.48. The lowest BCUT2D eigenvalue weighted by atomic mass is 9.98. The van der Waals surface area contributed by atoms with Gasteiger partial charge in [-0.3, -0.25) is 0 Å². The lowest BCUT2D eigenvalue weighted by Gasteiger charge is -2.18. The van der Waals surface area contributed by atoms with Crippen LogP contribution in [-0.4, -0.2) is 11.9 Å². The highest BCUT2D eigenvalue weighted by Crippen LogP contribution is 2.42. The molecular weight excluding hydrogens is 254 g/mol. The summed E-state index contributed by atoms with van der Waals surface area (Å²) in [7, 11) is 0. The highest BCUT2D eigenvalue weighted by Gasteiger charge is 2.29. The van der Waals surface area contributed by atoms with Gasteiger partial charge in [0.15, 0.2) is 0 Å². The van der Waals surface area contributed by atoms with E-state index in [1.54, 1.807) is 0 Å². The molecule has 2 aromatic rings. The first-order valence-corrected chi connectivity index (χ1v) is 7.36. The summed E-state index contributed by atoms with van der Waals surface area (Å²) >= 11 is 1.83. The van der Waals surface area contributed by atoms with E-state index in [-0.39, 0.29) is 0 Å². The van der Waals surface area contributed by atoms with Gasteiger partial charge in [0.2, 0.25) is 0 Å². The third kappa shape index (κ3) is 2.43. The molecule has 0 aromatic heterocycles. The van der Waals surface area contributed by atoms with Crippen molar-refractivity contribution in [2.75, 3.05) is 12.3 Å². The number of hydrogen-bond acceptors (Lipinski definition) is 3. The number of ether oxygens (including phenoxy) is 1. The Bertz CT molecular complexity index is 584. The molecule has 0 fully saturated rings. The van der Waals surface area contributed by atoms with Crippen molar-refractivity contribution in [1.29, 1.82) is 0 Å². The standard InChI is InChI=1S/C16H17NOS/c1-11(19-16-9-5-3-7-14(16)17)13-10-18-15-8-4-2-6-12(13)15/h2-9,11,13H,10,17H2,1H3. The Morgan fingerprint density at radius 1 is 1.16 bits per heavy atom. The summed E-state index contributed by atoms with van der Waals surface area (Å²) in [6, 6.07) is 16.3. The number of nitrogens with two attached hydrogens (primary N) is 1. The van der Waals surface area contributed by atoms with Crippen molar-refractivity contribution in [2.24, 2.45) is 0 Å². The summed E-state index contributed by atoms with van der Waals surface area (Å²) in [5.41, 5.74) is 8.18. The van der Waals surface area contributed by atoms with E-state index in [2.05, 4.69) is 25.1 Å². The molecule has 2 N–H and O–H groups in total. The summed E-state index contributed by atoms with van der Waals surface area (Å²) in [5.74, 6) is 1.46. The molecule has 1 heterocycles. The van der Waals surface area contributed by atoms with E-state index in [1.807, 2.05) is 42.1 Å². The molecular formula is C16H17NOS. The first-order chi connectivity index (χ1) is 9.25. The predicted octanol–water partition coefficient (Wildman–Crippen LogP) is 3.93. The van der Waals surface area contributed by atoms with Gasteiger partial charge in [-0.2, -0.15) is 0 Å². The van der Waals surface area contributed by atoms with Gasteiger partial charge in [0, 0.05) is 27.3 Å². The molecule has 19 heavy (non-hydrogen) atoms. The van der Waals surface area contributed by atoms with Crippen molar-refractivity contribution in [1.82, 2.24) is 0 Å². The minimum absolute atomic E-state index is 0.431. The van der Waals surface area contributed by atoms with Crippen molar-refractivity contribution < 1.29 is 4.74 Å². The Kier molecular flexibility index (Phi) is 3.38. The van der Waals surface area contributed by atoms with E-state index in [0.717, 1.165) is 22.9 Å². The van der Waals surface area contributed by atoms with Crippen LogP contribution in [0.2, 0.25) is 0 Å². The Balaban J connectivity index is 1.79. The van der Waals surface area contributed by atoms with Crippen LogP contribution < -0.4 is 10.5 Å². The average Bonchev–Trinajstić information content (AvgIpc) is 2.85. The largest absolute Gasteiger partial charge is 0.493 e. The number of rotatable bonds is 3. The fraction of sp³-hybridized carbons (Fsp3) is 0.250. The Morgan fingerprint density at radius 2 is 1.89 bits per heavy atom. The molecule has 0 amide bonds. The second-order valence-corrected chi connectivity index (χ2v) is 6.24. The Hall–Kier alpha value is -1.61. The van der Waals surface area contributed by atoms with Gasteiger partial charge >= 0.3 is 0 Å². The zero-order chi connectivity index (χ0) is 13.2. The van der Waals surface area contributed by atoms with Gasteiger partial charge in [-0.1, -0.05) is 37.3 Å². The van der Waals surface area contributed by atoms with E-state index in [1.165, 1.54) is 5.56 Å². The third-order valence-corrected chi connectivity index (χ3v) is 4.86. The minimum atomic E-state index is 0.431. The number of benzene rings is 2. The summed E-state index contributed by atoms with van der Waals surface area (Å²) in [6.07, 6.45) is 0. The molecule has 0 saturated carbocycles. The van der Waals surface area contributed by atoms with Crippen LogP contribution in [0.4, 0.5) is 5.69 Å². The smallest absolute Gasteiger partial charge is 0.122 e. The van der Waals surface area contributed by atoms with Crippen LogP contribution in [0.5, 0.6) is 5.75 Å². The summed E-state index contributed by atoms with van der Waals surface area (Å²) in [6.45, 7) is 3.01. The van der Waals surface area contributed by atoms with Crippen molar-refractivity contribution in [3.8, 4) is 5.75 Å². The van der Waals surface area contributed by atoms with Gasteiger partial charge in [-0.25, -0.2) is 0 Å². The van der Waals surface area contributed by atoms with Gasteiger partial charge in [0.05, 0.1) is 6.61 Å². The lowest BCUT2D eigenvalue weighted by molar-refractivity contribution is 0.330. The van der Waals surface area contributed by atoms with E-state index < -0.39 is 0 Å². The number of anilines is 1. The normalized spacial score (nSPS) is 18.7. The van der Waals surface area contributed by atoms with Gasteiger partial charge in [-0.05, 0) is 18.2 Å². The molecule has 2 aromatic carbocycles. The topological polar surface area (TPSA) is 35.2 Å². The van der Waals surface area contributed by atoms with Crippen molar-refractivity contribution in [3.05, 3.63) is 54.1 Å². The number of nitrogen functional groups attached to an aromatic ring is 1. The SMILES string of the molecule is CC(Sc1ccccc1N)C1COc2ccccc21. The van der Waals surface area contributed by atoms with Crippen molar-refractivity contribution >= 4 is 17.4 Å². The lowest BCUT2D eigenvalue weighted by Crippen LogP contribution is -2.13. The molecule has 2 atom stereocenters. The number of hydrogen-bond donors (Lipinski definition) is 1. The summed E-state index contributed by atoms with van der Waals surface area (Å²) in [4.78, 5) is 1.15. The maximum atomic E-state index is 6.01. The molecule has 0 saturated heterocycles. The number of fused-ring (bicyclic) bond motifs is 1. The fourth-order valence-electron chi connectivity index (χ4n) is 2.45. The zero-order valence-electron chi connectivity index (χ0n) is 10.9. The number of thioether (sulfide) groups is 1. The van der Waals surface area contributed by atoms with Crippen LogP contribution in [0, 0.1) is 0 Å². The average molecular weight is 271 g/mol. The van der Waals surface area contributed by atoms with Gasteiger partial charge < -0.3 is 10.5 Å². The molecule has 0 radical (unpaired) electrons. The van der Waals surface area contributed by atoms with Crippen LogP contribution in [0.1, 0.15) is 18.4 Å². The van der Waals surface area contributed by atoms with Crippen LogP contribution in [-0.2, 0) is 0 Å². The van der Waals surface area contributed by atoms with Crippen molar-refractivity contribution in [3.63, 3.8) is 0 Å². The third-order valence-electron chi connectivity index (χ3n) is 3.54. The van der Waals surface area contributed by atoms with E-state index in [0.29, 0.717) is 11.2 Å². The van der Waals surface area contributed by atoms with Crippen LogP contribution in [0.25, 0.3) is 0 Å². The van der Waals surface area contributed by atoms with E-state index >= 15 is 0 Å². The quantitative estimate of drug-likeness (QED) is 0.678. The van der Waals surface area contributed by atoms with Crippen LogP contribution in [0.3, 0.4) is 0 Å². The van der Waals surface area contributed by atoms with Crippen LogP contribution >= 0.6 is 11.8 Å². The summed E-state index contributed by atoms with van der Waals surface area (Å²) < 4.78 is 5.76. The monoisotopic (exact) mass is 271 g/mol. The number of para-hydroxylation sites is 2. The Labute approximate surface area is 118 Å². The highest BCUT2D eigenvalue weighted by atomic mass is 32.2. The van der Waals surface area contributed by atoms with Gasteiger partial charge in [0.25, 0.3) is 0 Å². The van der Waals surface area contributed by atoms with Crippen molar-refractivity contribution in [2.45, 2.75) is 23.0 Å². The minimum Gasteiger partial charge on any atom is -0.493 e. The molecule has 0 bridgehead atoms. The fourth-order valence-corrected chi connectivity index (χ4v) is 3.60. The van der Waals surface area contributed by atoms with Gasteiger partial charge in [0.1, 0.15) is 5.75 Å². The summed E-state index contributed by atoms with van der Waals surface area (Å²) in [5, 5.41) is 0.438. The zero-order valence-corrected chi connectivity index (χ0v) is 11.7. The maximum absolute atomic E-state index is 6.01. The van der Waals surface area contributed by atoms with E-state index in [4.69, 9.17) is 10.5 Å². The first kappa shape index (κ1) is 12.4. The molecule has 1 aliphatic heterocycles. The van der Waals surface area contributed by atoms with Gasteiger partial charge in [-0.15, -0.1) is 11.8 Å². The second-order valence-electron chi connectivity index (χ2n) is 4.82. The highest BCUT2D eigenvalue weighted by molar-refractivity contribution is 8.00. The molecule has 2 nitrogen and oxygen atoms in total. The molecule has 3 rings (SSSR count). The predicted molar refractivity (Wildman–Crippen MR) is 80.9 cm³/mol. The molecule has 3 heteroatoms. The molecule has 2 unspecified atom stereocenters. The van der Waals surface area contributed by atoms with E-state index in [9.17, 15) is 0 Å². The maximum Gasteiger partial charge on any atom is 0.122 e. The second kappa shape index (κ2) is 5.17. The molecule has 0 spiro atoms. The molecule has 1 aliphatic rings. The van der Waals surface area contributed by atoms with Crippen LogP contribution in [0.15, 0.2) is 53.4 Å². The molecule has 98 valence electrons. The molecule has 0 aliphatic carbocycles. The Morgan fingerprint density at radius 3 is 2.74 bits per heavy atom.